The maximum Gasteiger partial charge on any atom is 0.459 e. The summed E-state index contributed by atoms with van der Waals surface area (Å²) in [5.41, 5.74) is -7.70. The van der Waals surface area contributed by atoms with E-state index in [1.165, 1.54) is 0 Å². The van der Waals surface area contributed by atoms with Crippen molar-refractivity contribution in [2.75, 3.05) is 0 Å². The molecule has 0 aliphatic rings. The zero-order chi connectivity index (χ0) is 21.6. The third kappa shape index (κ3) is 3.73. The lowest BCUT2D eigenvalue weighted by atomic mass is 10.2. The van der Waals surface area contributed by atoms with Crippen LogP contribution in [-0.2, 0) is 5.92 Å². The quantitative estimate of drug-likeness (QED) is 0.742. The van der Waals surface area contributed by atoms with E-state index in [4.69, 9.17) is 16.3 Å². The summed E-state index contributed by atoms with van der Waals surface area (Å²) in [7, 11) is 0. The number of hydrogen-bond donors (Lipinski definition) is 1. The van der Waals surface area contributed by atoms with Crippen molar-refractivity contribution < 1.29 is 35.5 Å². The number of halogens is 8. The van der Waals surface area contributed by atoms with Crippen LogP contribution >= 0.6 is 11.6 Å². The first-order valence-electron chi connectivity index (χ1n) is 7.34. The van der Waals surface area contributed by atoms with Gasteiger partial charge >= 0.3 is 17.8 Å². The minimum atomic E-state index is -6.29. The predicted molar refractivity (Wildman–Crippen MR) is 83.3 cm³/mol. The van der Waals surface area contributed by atoms with Crippen LogP contribution in [0.1, 0.15) is 19.5 Å². The van der Waals surface area contributed by atoms with Crippen molar-refractivity contribution in [2.45, 2.75) is 32.1 Å². The molecule has 2 aromatic rings. The summed E-state index contributed by atoms with van der Waals surface area (Å²) in [4.78, 5) is 24.9. The van der Waals surface area contributed by atoms with E-state index in [0.717, 1.165) is 4.98 Å². The van der Waals surface area contributed by atoms with E-state index < -0.39 is 52.5 Å². The summed E-state index contributed by atoms with van der Waals surface area (Å²) in [6, 6.07) is 1.30. The van der Waals surface area contributed by atoms with Crippen LogP contribution in [0.2, 0.25) is 5.02 Å². The molecule has 1 heterocycles. The summed E-state index contributed by atoms with van der Waals surface area (Å²) in [5, 5.41) is -0.292. The number of rotatable bonds is 4. The van der Waals surface area contributed by atoms with Crippen LogP contribution in [0.5, 0.6) is 5.75 Å². The maximum atomic E-state index is 14.2. The van der Waals surface area contributed by atoms with Gasteiger partial charge in [0, 0.05) is 6.07 Å². The molecule has 1 aromatic heterocycles. The van der Waals surface area contributed by atoms with Crippen molar-refractivity contribution in [1.82, 2.24) is 9.55 Å². The van der Waals surface area contributed by atoms with Crippen LogP contribution in [0, 0.1) is 11.6 Å². The zero-order valence-corrected chi connectivity index (χ0v) is 14.7. The molecule has 28 heavy (non-hydrogen) atoms. The van der Waals surface area contributed by atoms with Crippen LogP contribution in [-0.4, -0.2) is 21.8 Å². The molecule has 5 nitrogen and oxygen atoms in total. The first kappa shape index (κ1) is 21.8. The van der Waals surface area contributed by atoms with Crippen LogP contribution < -0.4 is 16.0 Å². The van der Waals surface area contributed by atoms with Gasteiger partial charge in [0.1, 0.15) is 17.3 Å². The number of H-pyrrole nitrogens is 1. The normalized spacial score (nSPS) is 12.5. The average Bonchev–Trinajstić information content (AvgIpc) is 2.53. The molecule has 0 saturated carbocycles. The average molecular weight is 435 g/mol. The highest BCUT2D eigenvalue weighted by atomic mass is 35.5. The van der Waals surface area contributed by atoms with Crippen molar-refractivity contribution in [1.29, 1.82) is 0 Å². The van der Waals surface area contributed by atoms with Gasteiger partial charge in [-0.2, -0.15) is 26.3 Å². The van der Waals surface area contributed by atoms with Gasteiger partial charge in [-0.05, 0) is 19.9 Å². The van der Waals surface area contributed by atoms with E-state index in [2.05, 4.69) is 0 Å². The molecule has 0 amide bonds. The molecular weight excluding hydrogens is 425 g/mol. The molecule has 0 spiro atoms. The Labute approximate surface area is 156 Å². The molecule has 0 saturated heterocycles. The topological polar surface area (TPSA) is 64.1 Å². The largest absolute Gasteiger partial charge is 0.489 e. The SMILES string of the molecule is CC(C)Oc1cc(-n2c(=O)[nH]c(C(F)(F)C(F)(F)F)c(F)c2=O)c(F)cc1Cl. The lowest BCUT2D eigenvalue weighted by Crippen LogP contribution is -2.44. The standard InChI is InChI=1S/C15H10ClF7N2O3/c1-5(2)28-9-4-8(7(17)3-6(9)16)25-12(26)10(18)11(24-13(25)27)14(19,20)15(21,22)23/h3-5H,1-2H3,(H,24,27). The number of aromatic nitrogens is 2. The Morgan fingerprint density at radius 1 is 1.11 bits per heavy atom. The zero-order valence-electron chi connectivity index (χ0n) is 13.9. The number of nitrogens with one attached hydrogen (secondary N) is 1. The molecule has 0 fully saturated rings. The molecule has 0 aliphatic carbocycles. The van der Waals surface area contributed by atoms with E-state index in [0.29, 0.717) is 12.1 Å². The van der Waals surface area contributed by atoms with Gasteiger partial charge in [0.05, 0.1) is 16.8 Å². The van der Waals surface area contributed by atoms with Crippen molar-refractivity contribution >= 4 is 11.6 Å². The van der Waals surface area contributed by atoms with Gasteiger partial charge in [-0.3, -0.25) is 4.79 Å². The second-order valence-electron chi connectivity index (χ2n) is 5.73. The Bertz CT molecular complexity index is 1030. The predicted octanol–water partition coefficient (Wildman–Crippen LogP) is 3.90. The highest BCUT2D eigenvalue weighted by molar-refractivity contribution is 6.32. The first-order chi connectivity index (χ1) is 12.7. The highest BCUT2D eigenvalue weighted by Crippen LogP contribution is 2.43. The van der Waals surface area contributed by atoms with Crippen molar-refractivity contribution in [2.24, 2.45) is 0 Å². The summed E-state index contributed by atoms with van der Waals surface area (Å²) in [6.07, 6.45) is -6.80. The number of benzene rings is 1. The number of hydrogen-bond acceptors (Lipinski definition) is 3. The Hall–Kier alpha value is -2.50. The lowest BCUT2D eigenvalue weighted by molar-refractivity contribution is -0.292. The Morgan fingerprint density at radius 2 is 1.68 bits per heavy atom. The molecule has 0 radical (unpaired) electrons. The number of ether oxygens (including phenoxy) is 1. The fourth-order valence-corrected chi connectivity index (χ4v) is 2.32. The molecule has 1 aromatic carbocycles. The van der Waals surface area contributed by atoms with Gasteiger partial charge in [-0.15, -0.1) is 0 Å². The van der Waals surface area contributed by atoms with Crippen molar-refractivity contribution in [3.8, 4) is 11.4 Å². The van der Waals surface area contributed by atoms with Crippen LogP contribution in [0.4, 0.5) is 30.7 Å². The third-order valence-corrected chi connectivity index (χ3v) is 3.62. The van der Waals surface area contributed by atoms with Gasteiger partial charge in [-0.25, -0.2) is 13.8 Å². The smallest absolute Gasteiger partial charge is 0.459 e. The van der Waals surface area contributed by atoms with Gasteiger partial charge in [0.25, 0.3) is 5.56 Å². The maximum absolute atomic E-state index is 14.2. The van der Waals surface area contributed by atoms with E-state index in [-0.39, 0.29) is 15.3 Å². The highest BCUT2D eigenvalue weighted by Gasteiger charge is 2.61. The Morgan fingerprint density at radius 3 is 2.18 bits per heavy atom. The number of alkyl halides is 5. The minimum absolute atomic E-state index is 0.246. The van der Waals surface area contributed by atoms with Gasteiger partial charge in [0.2, 0.25) is 5.82 Å². The summed E-state index contributed by atoms with van der Waals surface area (Å²) >= 11 is 5.74. The molecule has 0 bridgehead atoms. The fraction of sp³-hybridized carbons (Fsp3) is 0.333. The van der Waals surface area contributed by atoms with Crippen molar-refractivity contribution in [3.63, 3.8) is 0 Å². The van der Waals surface area contributed by atoms with Gasteiger partial charge in [-0.1, -0.05) is 11.6 Å². The van der Waals surface area contributed by atoms with Crippen LogP contribution in [0.25, 0.3) is 5.69 Å². The monoisotopic (exact) mass is 434 g/mol. The van der Waals surface area contributed by atoms with E-state index >= 15 is 0 Å². The molecule has 0 unspecified atom stereocenters. The van der Waals surface area contributed by atoms with E-state index in [9.17, 15) is 40.3 Å². The third-order valence-electron chi connectivity index (χ3n) is 3.32. The Balaban J connectivity index is 2.79. The van der Waals surface area contributed by atoms with Gasteiger partial charge in [0.15, 0.2) is 0 Å². The second-order valence-corrected chi connectivity index (χ2v) is 6.14. The van der Waals surface area contributed by atoms with E-state index in [1.54, 1.807) is 13.8 Å². The van der Waals surface area contributed by atoms with Crippen LogP contribution in [0.15, 0.2) is 21.7 Å². The fourth-order valence-electron chi connectivity index (χ4n) is 2.13. The Kier molecular flexibility index (Phi) is 5.57. The van der Waals surface area contributed by atoms with Gasteiger partial charge < -0.3 is 9.72 Å². The van der Waals surface area contributed by atoms with Crippen LogP contribution in [0.3, 0.4) is 0 Å². The molecule has 0 atom stereocenters. The molecule has 1 N–H and O–H groups in total. The number of nitrogens with zero attached hydrogens (tertiary/aromatic N) is 1. The molecular formula is C15H10ClF7N2O3. The number of aromatic amines is 1. The molecule has 13 heteroatoms. The minimum Gasteiger partial charge on any atom is -0.489 e. The van der Waals surface area contributed by atoms with Crippen molar-refractivity contribution in [3.05, 3.63) is 55.3 Å². The molecule has 2 rings (SSSR count). The summed E-state index contributed by atoms with van der Waals surface area (Å²) < 4.78 is 97.1. The van der Waals surface area contributed by atoms with E-state index in [1.807, 2.05) is 0 Å². The second kappa shape index (κ2) is 7.15. The molecule has 0 aliphatic heterocycles. The molecule has 154 valence electrons. The first-order valence-corrected chi connectivity index (χ1v) is 7.72. The lowest BCUT2D eigenvalue weighted by Gasteiger charge is -2.20. The summed E-state index contributed by atoms with van der Waals surface area (Å²) in [5.74, 6) is -10.1. The summed E-state index contributed by atoms with van der Waals surface area (Å²) in [6.45, 7) is 3.10.